The number of carbonyl (C=O) groups is 2. The SMILES string of the molecule is CCN(CC)CCN1C(=O)C(=O)/C(=C(\O)c2cccc3ccccc23)C1c1cccs1. The maximum absolute atomic E-state index is 13.1. The molecule has 1 atom stereocenters. The lowest BCUT2D eigenvalue weighted by Crippen LogP contribution is -2.37. The second kappa shape index (κ2) is 9.04. The lowest BCUT2D eigenvalue weighted by Gasteiger charge is -2.27. The Morgan fingerprint density at radius 1 is 1.03 bits per heavy atom. The topological polar surface area (TPSA) is 60.9 Å². The first-order valence-electron chi connectivity index (χ1n) is 10.6. The van der Waals surface area contributed by atoms with Gasteiger partial charge in [-0.05, 0) is 35.3 Å². The highest BCUT2D eigenvalue weighted by Gasteiger charge is 2.46. The average molecular weight is 435 g/mol. The molecule has 1 saturated heterocycles. The Labute approximate surface area is 186 Å². The standard InChI is InChI=1S/C25H26N2O3S/c1-3-26(4-2)14-15-27-22(20-13-8-16-31-20)21(24(29)25(27)30)23(28)19-12-7-10-17-9-5-6-11-18(17)19/h5-13,16,22,28H,3-4,14-15H2,1-2H3/b23-21-. The third kappa shape index (κ3) is 3.89. The van der Waals surface area contributed by atoms with Crippen LogP contribution in [0, 0.1) is 0 Å². The van der Waals surface area contributed by atoms with E-state index >= 15 is 0 Å². The molecule has 2 aromatic carbocycles. The Hall–Kier alpha value is -2.96. The molecule has 31 heavy (non-hydrogen) atoms. The van der Waals surface area contributed by atoms with Gasteiger partial charge in [-0.15, -0.1) is 11.3 Å². The zero-order valence-electron chi connectivity index (χ0n) is 17.7. The number of Topliss-reactive ketones (excluding diaryl/α,β-unsaturated/α-hetero) is 1. The van der Waals surface area contributed by atoms with Crippen molar-refractivity contribution in [3.63, 3.8) is 0 Å². The Bertz CT molecular complexity index is 1130. The van der Waals surface area contributed by atoms with E-state index in [1.54, 1.807) is 11.0 Å². The van der Waals surface area contributed by atoms with Crippen molar-refractivity contribution in [1.29, 1.82) is 0 Å². The van der Waals surface area contributed by atoms with Gasteiger partial charge in [-0.1, -0.05) is 62.4 Å². The number of carbonyl (C=O) groups excluding carboxylic acids is 2. The zero-order valence-corrected chi connectivity index (χ0v) is 18.6. The molecule has 0 radical (unpaired) electrons. The largest absolute Gasteiger partial charge is 0.507 e. The number of likely N-dealkylation sites (tertiary alicyclic amines) is 1. The van der Waals surface area contributed by atoms with Crippen molar-refractivity contribution < 1.29 is 14.7 Å². The Morgan fingerprint density at radius 2 is 1.77 bits per heavy atom. The molecule has 0 aliphatic carbocycles. The van der Waals surface area contributed by atoms with E-state index in [0.717, 1.165) is 28.7 Å². The summed E-state index contributed by atoms with van der Waals surface area (Å²) in [6, 6.07) is 16.6. The molecule has 1 amide bonds. The minimum Gasteiger partial charge on any atom is -0.507 e. The van der Waals surface area contributed by atoms with E-state index in [0.29, 0.717) is 18.7 Å². The second-order valence-electron chi connectivity index (χ2n) is 7.56. The van der Waals surface area contributed by atoms with Gasteiger partial charge in [0.25, 0.3) is 11.7 Å². The predicted octanol–water partition coefficient (Wildman–Crippen LogP) is 4.66. The van der Waals surface area contributed by atoms with Gasteiger partial charge in [-0.3, -0.25) is 9.59 Å². The fraction of sp³-hybridized carbons (Fsp3) is 0.280. The summed E-state index contributed by atoms with van der Waals surface area (Å²) in [5.41, 5.74) is 0.741. The van der Waals surface area contributed by atoms with Gasteiger partial charge in [0.2, 0.25) is 0 Å². The molecule has 0 spiro atoms. The van der Waals surface area contributed by atoms with E-state index in [1.165, 1.54) is 11.3 Å². The number of thiophene rings is 1. The number of aliphatic hydroxyl groups excluding tert-OH is 1. The van der Waals surface area contributed by atoms with E-state index in [2.05, 4.69) is 18.7 Å². The fourth-order valence-corrected chi connectivity index (χ4v) is 5.06. The summed E-state index contributed by atoms with van der Waals surface area (Å²) in [7, 11) is 0. The Kier molecular flexibility index (Phi) is 6.20. The quantitative estimate of drug-likeness (QED) is 0.334. The van der Waals surface area contributed by atoms with Gasteiger partial charge < -0.3 is 14.9 Å². The van der Waals surface area contributed by atoms with Crippen molar-refractivity contribution in [2.75, 3.05) is 26.2 Å². The summed E-state index contributed by atoms with van der Waals surface area (Å²) >= 11 is 1.49. The van der Waals surface area contributed by atoms with Crippen LogP contribution in [-0.4, -0.2) is 52.8 Å². The van der Waals surface area contributed by atoms with Crippen molar-refractivity contribution in [1.82, 2.24) is 9.80 Å². The monoisotopic (exact) mass is 434 g/mol. The maximum Gasteiger partial charge on any atom is 0.295 e. The number of hydrogen-bond donors (Lipinski definition) is 1. The number of benzene rings is 2. The molecule has 6 heteroatoms. The minimum atomic E-state index is -0.622. The molecule has 0 saturated carbocycles. The number of ketones is 1. The van der Waals surface area contributed by atoms with Crippen LogP contribution in [0.25, 0.3) is 16.5 Å². The molecule has 0 bridgehead atoms. The molecule has 1 aliphatic rings. The number of hydrogen-bond acceptors (Lipinski definition) is 5. The van der Waals surface area contributed by atoms with Crippen molar-refractivity contribution >= 4 is 39.6 Å². The molecule has 1 aromatic heterocycles. The first kappa shape index (κ1) is 21.3. The zero-order chi connectivity index (χ0) is 22.0. The third-order valence-corrected chi connectivity index (χ3v) is 6.87. The van der Waals surface area contributed by atoms with Gasteiger partial charge in [-0.2, -0.15) is 0 Å². The van der Waals surface area contributed by atoms with Crippen LogP contribution < -0.4 is 0 Å². The van der Waals surface area contributed by atoms with Gasteiger partial charge in [0.15, 0.2) is 0 Å². The lowest BCUT2D eigenvalue weighted by molar-refractivity contribution is -0.140. The van der Waals surface area contributed by atoms with Crippen molar-refractivity contribution in [2.45, 2.75) is 19.9 Å². The molecule has 4 rings (SSSR count). The summed E-state index contributed by atoms with van der Waals surface area (Å²) in [5, 5.41) is 15.1. The van der Waals surface area contributed by atoms with Crippen molar-refractivity contribution in [3.05, 3.63) is 76.0 Å². The highest BCUT2D eigenvalue weighted by atomic mass is 32.1. The van der Waals surface area contributed by atoms with Crippen LogP contribution in [0.2, 0.25) is 0 Å². The van der Waals surface area contributed by atoms with E-state index in [1.807, 2.05) is 53.9 Å². The number of likely N-dealkylation sites (N-methyl/N-ethyl adjacent to an activating group) is 1. The van der Waals surface area contributed by atoms with E-state index in [4.69, 9.17) is 0 Å². The van der Waals surface area contributed by atoms with E-state index in [9.17, 15) is 14.7 Å². The number of nitrogens with zero attached hydrogens (tertiary/aromatic N) is 2. The summed E-state index contributed by atoms with van der Waals surface area (Å²) in [5.74, 6) is -1.28. The Morgan fingerprint density at radius 3 is 2.48 bits per heavy atom. The number of aliphatic hydroxyl groups is 1. The summed E-state index contributed by atoms with van der Waals surface area (Å²) in [6.07, 6.45) is 0. The highest BCUT2D eigenvalue weighted by molar-refractivity contribution is 7.10. The smallest absolute Gasteiger partial charge is 0.295 e. The summed E-state index contributed by atoms with van der Waals surface area (Å²) in [4.78, 5) is 30.9. The van der Waals surface area contributed by atoms with E-state index in [-0.39, 0.29) is 11.3 Å². The molecule has 1 fully saturated rings. The molecule has 160 valence electrons. The molecule has 2 heterocycles. The van der Waals surface area contributed by atoms with Gasteiger partial charge in [0.1, 0.15) is 5.76 Å². The molecule has 3 aromatic rings. The van der Waals surface area contributed by atoms with Crippen LogP contribution in [0.15, 0.2) is 65.6 Å². The average Bonchev–Trinajstić information content (AvgIpc) is 3.41. The molecular formula is C25H26N2O3S. The number of amides is 1. The van der Waals surface area contributed by atoms with Crippen LogP contribution in [-0.2, 0) is 9.59 Å². The lowest BCUT2D eigenvalue weighted by atomic mass is 9.96. The van der Waals surface area contributed by atoms with Crippen LogP contribution in [0.1, 0.15) is 30.3 Å². The summed E-state index contributed by atoms with van der Waals surface area (Å²) < 4.78 is 0. The molecule has 1 aliphatic heterocycles. The minimum absolute atomic E-state index is 0.112. The maximum atomic E-state index is 13.1. The third-order valence-electron chi connectivity index (χ3n) is 5.95. The fourth-order valence-electron chi connectivity index (χ4n) is 4.22. The first-order chi connectivity index (χ1) is 15.1. The predicted molar refractivity (Wildman–Crippen MR) is 125 cm³/mol. The molecule has 5 nitrogen and oxygen atoms in total. The summed E-state index contributed by atoms with van der Waals surface area (Å²) in [6.45, 7) is 7.02. The van der Waals surface area contributed by atoms with Crippen LogP contribution >= 0.6 is 11.3 Å². The first-order valence-corrected chi connectivity index (χ1v) is 11.5. The van der Waals surface area contributed by atoms with E-state index < -0.39 is 17.7 Å². The van der Waals surface area contributed by atoms with Crippen LogP contribution in [0.3, 0.4) is 0 Å². The highest BCUT2D eigenvalue weighted by Crippen LogP contribution is 2.41. The van der Waals surface area contributed by atoms with Crippen molar-refractivity contribution in [3.8, 4) is 0 Å². The number of fused-ring (bicyclic) bond motifs is 1. The molecular weight excluding hydrogens is 408 g/mol. The second-order valence-corrected chi connectivity index (χ2v) is 8.54. The Balaban J connectivity index is 1.83. The van der Waals surface area contributed by atoms with Gasteiger partial charge in [0.05, 0.1) is 11.6 Å². The van der Waals surface area contributed by atoms with Gasteiger partial charge in [-0.25, -0.2) is 0 Å². The molecule has 1 unspecified atom stereocenters. The number of rotatable bonds is 7. The van der Waals surface area contributed by atoms with Gasteiger partial charge in [0, 0.05) is 23.5 Å². The molecule has 1 N–H and O–H groups in total. The van der Waals surface area contributed by atoms with Crippen molar-refractivity contribution in [2.24, 2.45) is 0 Å². The normalized spacial score (nSPS) is 18.4. The van der Waals surface area contributed by atoms with Crippen LogP contribution in [0.4, 0.5) is 0 Å². The van der Waals surface area contributed by atoms with Gasteiger partial charge >= 0.3 is 0 Å². The van der Waals surface area contributed by atoms with Crippen LogP contribution in [0.5, 0.6) is 0 Å².